The van der Waals surface area contributed by atoms with E-state index >= 15 is 0 Å². The molecule has 1 fully saturated rings. The van der Waals surface area contributed by atoms with Crippen LogP contribution in [0, 0.1) is 0 Å². The van der Waals surface area contributed by atoms with Gasteiger partial charge in [0.05, 0.1) is 18.7 Å². The van der Waals surface area contributed by atoms with Gasteiger partial charge >= 0.3 is 6.18 Å². The third-order valence-corrected chi connectivity index (χ3v) is 11.1. The van der Waals surface area contributed by atoms with Crippen LogP contribution in [0.4, 0.5) is 13.2 Å². The average Bonchev–Trinajstić information content (AvgIpc) is 3.37. The highest BCUT2D eigenvalue weighted by atomic mass is 32.2. The number of rotatable bonds is 3. The van der Waals surface area contributed by atoms with Gasteiger partial charge in [-0.3, -0.25) is 20.4 Å². The van der Waals surface area contributed by atoms with Crippen molar-refractivity contribution in [3.8, 4) is 0 Å². The standard InChI is InChI=1S/C20H19F3N2O2S4/c1-28-18-14-13(3-2-8-19(14)29-9-10-30-19)15(31-18)17(27)25-24-16(26)11-4-6-12(7-5-11)20(21,22)23/h4-7H,2-3,8-10H2,1H3,(H,24,26)(H,25,27). The van der Waals surface area contributed by atoms with Gasteiger partial charge in [0.1, 0.15) is 0 Å². The summed E-state index contributed by atoms with van der Waals surface area (Å²) in [6, 6.07) is 3.85. The Labute approximate surface area is 194 Å². The number of nitrogens with one attached hydrogen (secondary N) is 2. The fourth-order valence-corrected chi connectivity index (χ4v) is 9.69. The van der Waals surface area contributed by atoms with E-state index in [9.17, 15) is 22.8 Å². The Kier molecular flexibility index (Phi) is 6.58. The molecule has 0 saturated carbocycles. The maximum Gasteiger partial charge on any atom is 0.416 e. The number of carbonyl (C=O) groups is 2. The average molecular weight is 505 g/mol. The fraction of sp³-hybridized carbons (Fsp3) is 0.400. The van der Waals surface area contributed by atoms with Crippen LogP contribution in [0.25, 0.3) is 0 Å². The highest BCUT2D eigenvalue weighted by Gasteiger charge is 2.45. The third kappa shape index (κ3) is 4.46. The Balaban J connectivity index is 1.49. The predicted octanol–water partition coefficient (Wildman–Crippen LogP) is 5.53. The molecule has 31 heavy (non-hydrogen) atoms. The summed E-state index contributed by atoms with van der Waals surface area (Å²) < 4.78 is 39.2. The maximum absolute atomic E-state index is 12.9. The van der Waals surface area contributed by atoms with Crippen LogP contribution in [0.15, 0.2) is 28.5 Å². The zero-order chi connectivity index (χ0) is 22.2. The summed E-state index contributed by atoms with van der Waals surface area (Å²) in [4.78, 5) is 25.8. The Bertz CT molecular complexity index is 999. The molecule has 1 aromatic heterocycles. The lowest BCUT2D eigenvalue weighted by molar-refractivity contribution is -0.137. The second kappa shape index (κ2) is 8.92. The summed E-state index contributed by atoms with van der Waals surface area (Å²) >= 11 is 7.00. The highest BCUT2D eigenvalue weighted by molar-refractivity contribution is 8.20. The SMILES string of the molecule is CSc1sc(C(=O)NNC(=O)c2ccc(C(F)(F)F)cc2)c2c1C1(CCC2)SCCS1. The van der Waals surface area contributed by atoms with Gasteiger partial charge < -0.3 is 0 Å². The van der Waals surface area contributed by atoms with Gasteiger partial charge in [-0.1, -0.05) is 0 Å². The maximum atomic E-state index is 12.9. The molecule has 2 amide bonds. The molecule has 166 valence electrons. The summed E-state index contributed by atoms with van der Waals surface area (Å²) in [5.41, 5.74) is 6.28. The van der Waals surface area contributed by atoms with Crippen LogP contribution in [0.1, 0.15) is 49.6 Å². The number of benzene rings is 1. The molecular formula is C20H19F3N2O2S4. The summed E-state index contributed by atoms with van der Waals surface area (Å²) in [6.07, 6.45) is 0.461. The largest absolute Gasteiger partial charge is 0.416 e. The first-order chi connectivity index (χ1) is 14.7. The molecule has 0 bridgehead atoms. The van der Waals surface area contributed by atoms with Gasteiger partial charge in [0.25, 0.3) is 11.8 Å². The summed E-state index contributed by atoms with van der Waals surface area (Å²) in [7, 11) is 0. The second-order valence-corrected chi connectivity index (χ2v) is 12.2. The van der Waals surface area contributed by atoms with Crippen LogP contribution in [0.5, 0.6) is 0 Å². The number of amides is 2. The molecule has 11 heteroatoms. The second-order valence-electron chi connectivity index (χ2n) is 7.06. The number of thiophene rings is 1. The number of carbonyl (C=O) groups excluding carboxylic acids is 2. The minimum atomic E-state index is -4.47. The van der Waals surface area contributed by atoms with Crippen LogP contribution < -0.4 is 10.9 Å². The predicted molar refractivity (Wildman–Crippen MR) is 122 cm³/mol. The number of hydrazine groups is 1. The normalized spacial score (nSPS) is 17.4. The monoisotopic (exact) mass is 504 g/mol. The van der Waals surface area contributed by atoms with Crippen molar-refractivity contribution < 1.29 is 22.8 Å². The van der Waals surface area contributed by atoms with Crippen molar-refractivity contribution in [2.24, 2.45) is 0 Å². The molecule has 1 aliphatic heterocycles. The zero-order valence-corrected chi connectivity index (χ0v) is 19.7. The number of fused-ring (bicyclic) bond motifs is 2. The first-order valence-electron chi connectivity index (χ1n) is 9.51. The van der Waals surface area contributed by atoms with Crippen molar-refractivity contribution in [2.75, 3.05) is 17.8 Å². The molecule has 0 radical (unpaired) electrons. The van der Waals surface area contributed by atoms with E-state index in [4.69, 9.17) is 0 Å². The smallest absolute Gasteiger partial charge is 0.267 e. The third-order valence-electron chi connectivity index (χ3n) is 5.20. The molecule has 1 aliphatic carbocycles. The van der Waals surface area contributed by atoms with Crippen LogP contribution in [-0.2, 0) is 16.7 Å². The first-order valence-corrected chi connectivity index (χ1v) is 13.5. The quantitative estimate of drug-likeness (QED) is 0.425. The van der Waals surface area contributed by atoms with Gasteiger partial charge in [0.15, 0.2) is 0 Å². The molecule has 2 aromatic rings. The van der Waals surface area contributed by atoms with Gasteiger partial charge in [-0.2, -0.15) is 13.2 Å². The molecule has 2 N–H and O–H groups in total. The van der Waals surface area contributed by atoms with E-state index in [0.717, 1.165) is 64.8 Å². The van der Waals surface area contributed by atoms with Crippen LogP contribution >= 0.6 is 46.6 Å². The van der Waals surface area contributed by atoms with E-state index < -0.39 is 23.6 Å². The van der Waals surface area contributed by atoms with Gasteiger partial charge in [-0.25, -0.2) is 0 Å². The number of halogens is 3. The number of alkyl halides is 3. The van der Waals surface area contributed by atoms with Gasteiger partial charge in [0, 0.05) is 22.6 Å². The topological polar surface area (TPSA) is 58.2 Å². The van der Waals surface area contributed by atoms with Crippen molar-refractivity contribution in [2.45, 2.75) is 33.7 Å². The van der Waals surface area contributed by atoms with E-state index in [2.05, 4.69) is 10.9 Å². The molecule has 0 unspecified atom stereocenters. The fourth-order valence-electron chi connectivity index (χ4n) is 3.81. The molecule has 1 aromatic carbocycles. The molecular weight excluding hydrogens is 485 g/mol. The van der Waals surface area contributed by atoms with E-state index in [0.29, 0.717) is 4.88 Å². The van der Waals surface area contributed by atoms with Gasteiger partial charge in [-0.05, 0) is 55.3 Å². The van der Waals surface area contributed by atoms with Crippen molar-refractivity contribution in [1.29, 1.82) is 0 Å². The molecule has 4 rings (SSSR count). The lowest BCUT2D eigenvalue weighted by Crippen LogP contribution is -2.41. The van der Waals surface area contributed by atoms with Crippen molar-refractivity contribution in [3.05, 3.63) is 51.4 Å². The van der Waals surface area contributed by atoms with Crippen molar-refractivity contribution in [1.82, 2.24) is 10.9 Å². The number of thioether (sulfide) groups is 3. The highest BCUT2D eigenvalue weighted by Crippen LogP contribution is 2.61. The molecule has 0 atom stereocenters. The summed E-state index contributed by atoms with van der Waals surface area (Å²) in [5.74, 6) is 1.12. The zero-order valence-electron chi connectivity index (χ0n) is 16.4. The van der Waals surface area contributed by atoms with Crippen LogP contribution in [0.3, 0.4) is 0 Å². The Morgan fingerprint density at radius 3 is 2.32 bits per heavy atom. The van der Waals surface area contributed by atoms with Crippen LogP contribution in [-0.4, -0.2) is 29.6 Å². The molecule has 1 spiro atoms. The first kappa shape index (κ1) is 22.9. The minimum Gasteiger partial charge on any atom is -0.267 e. The Hall–Kier alpha value is -1.30. The summed E-state index contributed by atoms with van der Waals surface area (Å²) in [6.45, 7) is 0. The van der Waals surface area contributed by atoms with Gasteiger partial charge in [0.2, 0.25) is 0 Å². The van der Waals surface area contributed by atoms with Crippen LogP contribution in [0.2, 0.25) is 0 Å². The van der Waals surface area contributed by atoms with Crippen molar-refractivity contribution in [3.63, 3.8) is 0 Å². The minimum absolute atomic E-state index is 0.0183. The molecule has 2 aliphatic rings. The lowest BCUT2D eigenvalue weighted by atomic mass is 9.92. The van der Waals surface area contributed by atoms with E-state index in [1.54, 1.807) is 11.8 Å². The molecule has 1 saturated heterocycles. The molecule has 2 heterocycles. The Morgan fingerprint density at radius 1 is 1.06 bits per heavy atom. The van der Waals surface area contributed by atoms with E-state index in [1.807, 2.05) is 29.8 Å². The van der Waals surface area contributed by atoms with Gasteiger partial charge in [-0.15, -0.1) is 46.6 Å². The van der Waals surface area contributed by atoms with E-state index in [-0.39, 0.29) is 9.64 Å². The lowest BCUT2D eigenvalue weighted by Gasteiger charge is -2.33. The molecule has 4 nitrogen and oxygen atoms in total. The number of hydrogen-bond donors (Lipinski definition) is 2. The summed E-state index contributed by atoms with van der Waals surface area (Å²) in [5, 5.41) is 0. The Morgan fingerprint density at radius 2 is 1.71 bits per heavy atom. The number of hydrogen-bond acceptors (Lipinski definition) is 6. The van der Waals surface area contributed by atoms with Crippen molar-refractivity contribution >= 4 is 58.4 Å². The van der Waals surface area contributed by atoms with E-state index in [1.165, 1.54) is 16.9 Å².